The van der Waals surface area contributed by atoms with Crippen LogP contribution in [0.3, 0.4) is 0 Å². The number of benzene rings is 1. The third kappa shape index (κ3) is 5.24. The van der Waals surface area contributed by atoms with Crippen LogP contribution in [0.4, 0.5) is 13.2 Å². The van der Waals surface area contributed by atoms with Gasteiger partial charge in [0.25, 0.3) is 0 Å². The summed E-state index contributed by atoms with van der Waals surface area (Å²) in [5.41, 5.74) is 0. The number of nitrogens with zero attached hydrogens (tertiary/aromatic N) is 1. The topological polar surface area (TPSA) is 31.4 Å². The summed E-state index contributed by atoms with van der Waals surface area (Å²) in [6.07, 6.45) is -3.27. The molecule has 3 nitrogen and oxygen atoms in total. The van der Waals surface area contributed by atoms with E-state index in [1.54, 1.807) is 12.1 Å². The van der Waals surface area contributed by atoms with Crippen LogP contribution in [-0.4, -0.2) is 11.3 Å². The molecule has 0 radical (unpaired) electrons. The summed E-state index contributed by atoms with van der Waals surface area (Å²) in [4.78, 5) is 3.87. The standard InChI is InChI=1S/C12H7F3NO2.Li/c13-12(14,15)18-10-6-4-9(5-7-10)17-11-3-1-2-8-16-11;/h1,3-8H;/q-1;+1. The predicted molar refractivity (Wildman–Crippen MR) is 56.3 cm³/mol. The van der Waals surface area contributed by atoms with E-state index >= 15 is 0 Å². The fourth-order valence-corrected chi connectivity index (χ4v) is 1.20. The van der Waals surface area contributed by atoms with Gasteiger partial charge in [0.2, 0.25) is 0 Å². The molecule has 0 saturated carbocycles. The largest absolute Gasteiger partial charge is 1.00 e. The number of hydrogen-bond donors (Lipinski definition) is 0. The van der Waals surface area contributed by atoms with Crippen molar-refractivity contribution in [1.82, 2.24) is 4.98 Å². The van der Waals surface area contributed by atoms with Crippen LogP contribution in [0, 0.1) is 6.07 Å². The molecule has 7 heteroatoms. The van der Waals surface area contributed by atoms with Gasteiger partial charge >= 0.3 is 25.2 Å². The summed E-state index contributed by atoms with van der Waals surface area (Å²) in [5.74, 6) is 0.394. The van der Waals surface area contributed by atoms with Gasteiger partial charge in [-0.15, -0.1) is 19.2 Å². The number of pyridine rings is 1. The number of alkyl halides is 3. The van der Waals surface area contributed by atoms with Gasteiger partial charge in [-0.25, -0.2) is 12.1 Å². The molecule has 0 aliphatic carbocycles. The molecule has 0 spiro atoms. The molecule has 1 aromatic carbocycles. The Balaban J connectivity index is 0.00000180. The molecule has 0 saturated heterocycles. The van der Waals surface area contributed by atoms with Gasteiger partial charge in [-0.1, -0.05) is 6.20 Å². The number of halogens is 3. The monoisotopic (exact) mass is 261 g/mol. The minimum absolute atomic E-state index is 0. The minimum Gasteiger partial charge on any atom is -0.457 e. The van der Waals surface area contributed by atoms with Crippen LogP contribution < -0.4 is 28.3 Å². The van der Waals surface area contributed by atoms with E-state index in [0.717, 1.165) is 12.1 Å². The van der Waals surface area contributed by atoms with Crippen molar-refractivity contribution in [3.05, 3.63) is 48.7 Å². The molecule has 0 fully saturated rings. The normalized spacial score (nSPS) is 10.5. The average Bonchev–Trinajstić information content (AvgIpc) is 2.31. The second kappa shape index (κ2) is 6.50. The Bertz CT molecular complexity index is 503. The third-order valence-electron chi connectivity index (χ3n) is 1.87. The first-order valence-electron chi connectivity index (χ1n) is 4.89. The molecule has 2 rings (SSSR count). The van der Waals surface area contributed by atoms with Crippen molar-refractivity contribution >= 4 is 0 Å². The van der Waals surface area contributed by atoms with Crippen molar-refractivity contribution in [2.75, 3.05) is 0 Å². The number of aromatic nitrogens is 1. The molecule has 0 amide bonds. The van der Waals surface area contributed by atoms with Crippen LogP contribution in [0.1, 0.15) is 0 Å². The van der Waals surface area contributed by atoms with Crippen LogP contribution in [-0.2, 0) is 0 Å². The Morgan fingerprint density at radius 2 is 1.63 bits per heavy atom. The molecule has 1 heterocycles. The maximum Gasteiger partial charge on any atom is 1.00 e. The van der Waals surface area contributed by atoms with Crippen LogP contribution >= 0.6 is 0 Å². The molecule has 19 heavy (non-hydrogen) atoms. The fraction of sp³-hybridized carbons (Fsp3) is 0.0833. The van der Waals surface area contributed by atoms with Crippen LogP contribution in [0.15, 0.2) is 42.6 Å². The Morgan fingerprint density at radius 3 is 2.16 bits per heavy atom. The zero-order valence-electron chi connectivity index (χ0n) is 9.94. The van der Waals surface area contributed by atoms with Crippen molar-refractivity contribution in [1.29, 1.82) is 0 Å². The van der Waals surface area contributed by atoms with Crippen molar-refractivity contribution < 1.29 is 41.5 Å². The average molecular weight is 261 g/mol. The molecule has 0 aliphatic heterocycles. The Morgan fingerprint density at radius 1 is 1.00 bits per heavy atom. The van der Waals surface area contributed by atoms with Gasteiger partial charge in [0, 0.05) is 0 Å². The van der Waals surface area contributed by atoms with E-state index in [2.05, 4.69) is 15.8 Å². The first-order valence-corrected chi connectivity index (χ1v) is 4.89. The van der Waals surface area contributed by atoms with Gasteiger partial charge in [-0.2, -0.15) is 0 Å². The van der Waals surface area contributed by atoms with E-state index in [9.17, 15) is 13.2 Å². The summed E-state index contributed by atoms with van der Waals surface area (Å²) in [5, 5.41) is 0. The van der Waals surface area contributed by atoms with Crippen LogP contribution in [0.2, 0.25) is 0 Å². The second-order valence-electron chi connectivity index (χ2n) is 3.22. The maximum atomic E-state index is 11.9. The molecular weight excluding hydrogens is 254 g/mol. The smallest absolute Gasteiger partial charge is 0.457 e. The Kier molecular flexibility index (Phi) is 5.28. The van der Waals surface area contributed by atoms with Crippen molar-refractivity contribution in [3.63, 3.8) is 0 Å². The van der Waals surface area contributed by atoms with Crippen LogP contribution in [0.5, 0.6) is 17.4 Å². The van der Waals surface area contributed by atoms with E-state index in [0.29, 0.717) is 11.6 Å². The summed E-state index contributed by atoms with van der Waals surface area (Å²) < 4.78 is 44.8. The summed E-state index contributed by atoms with van der Waals surface area (Å²) in [6.45, 7) is 0. The first kappa shape index (κ1) is 15.4. The number of ether oxygens (including phenoxy) is 2. The van der Waals surface area contributed by atoms with Gasteiger partial charge in [0.1, 0.15) is 17.4 Å². The number of hydrogen-bond acceptors (Lipinski definition) is 3. The van der Waals surface area contributed by atoms with Gasteiger partial charge in [0.15, 0.2) is 0 Å². The first-order chi connectivity index (χ1) is 8.53. The van der Waals surface area contributed by atoms with Gasteiger partial charge < -0.3 is 9.47 Å². The molecule has 94 valence electrons. The van der Waals surface area contributed by atoms with Gasteiger partial charge in [-0.3, -0.25) is 4.98 Å². The third-order valence-corrected chi connectivity index (χ3v) is 1.87. The molecule has 0 unspecified atom stereocenters. The zero-order valence-corrected chi connectivity index (χ0v) is 9.94. The second-order valence-corrected chi connectivity index (χ2v) is 3.22. The SMILES string of the molecule is FC(F)(F)Oc1ccc(Oc2cc[c-]cn2)cc1.[Li+]. The van der Waals surface area contributed by atoms with Crippen molar-refractivity contribution in [2.45, 2.75) is 6.36 Å². The fourth-order valence-electron chi connectivity index (χ4n) is 1.20. The van der Waals surface area contributed by atoms with Crippen molar-refractivity contribution in [2.24, 2.45) is 0 Å². The zero-order chi connectivity index (χ0) is 13.0. The van der Waals surface area contributed by atoms with E-state index < -0.39 is 6.36 Å². The summed E-state index contributed by atoms with van der Waals surface area (Å²) >= 11 is 0. The number of rotatable bonds is 3. The molecule has 1 aromatic heterocycles. The van der Waals surface area contributed by atoms with E-state index in [-0.39, 0.29) is 24.6 Å². The molecule has 0 atom stereocenters. The summed E-state index contributed by atoms with van der Waals surface area (Å²) in [7, 11) is 0. The maximum absolute atomic E-state index is 11.9. The van der Waals surface area contributed by atoms with Crippen molar-refractivity contribution in [3.8, 4) is 17.4 Å². The minimum atomic E-state index is -4.70. The van der Waals surface area contributed by atoms with E-state index in [1.165, 1.54) is 18.3 Å². The molecule has 2 aromatic rings. The van der Waals surface area contributed by atoms with E-state index in [1.807, 2.05) is 0 Å². The predicted octanol–water partition coefficient (Wildman–Crippen LogP) is 0.577. The molecule has 0 aliphatic rings. The molecule has 0 N–H and O–H groups in total. The summed E-state index contributed by atoms with van der Waals surface area (Å²) in [6, 6.07) is 11.0. The van der Waals surface area contributed by atoms with Crippen LogP contribution in [0.25, 0.3) is 0 Å². The molecular formula is C12H7F3LiNO2. The Hall–Kier alpha value is -1.64. The van der Waals surface area contributed by atoms with Gasteiger partial charge in [0.05, 0.1) is 0 Å². The van der Waals surface area contributed by atoms with Gasteiger partial charge in [-0.05, 0) is 24.3 Å². The van der Waals surface area contributed by atoms with E-state index in [4.69, 9.17) is 4.74 Å². The molecule has 0 bridgehead atoms. The Labute approximate surface area is 119 Å². The quantitative estimate of drug-likeness (QED) is 0.598.